The Morgan fingerprint density at radius 1 is 1.16 bits per heavy atom. The summed E-state index contributed by atoms with van der Waals surface area (Å²) in [4.78, 5) is 26.8. The van der Waals surface area contributed by atoms with E-state index < -0.39 is 11.6 Å². The number of rotatable bonds is 4. The Morgan fingerprint density at radius 2 is 1.76 bits per heavy atom. The Labute approximate surface area is 147 Å². The summed E-state index contributed by atoms with van der Waals surface area (Å²) in [6.45, 7) is 2.47. The molecule has 1 fully saturated rings. The summed E-state index contributed by atoms with van der Waals surface area (Å²) in [5, 5.41) is 13.6. The number of nitrogens with one attached hydrogen (secondary N) is 1. The number of carbonyl (C=O) groups is 2. The van der Waals surface area contributed by atoms with Gasteiger partial charge >= 0.3 is 0 Å². The highest BCUT2D eigenvalue weighted by Gasteiger charge is 2.37. The smallest absolute Gasteiger partial charge is 0.247 e. The minimum Gasteiger partial charge on any atom is -0.385 e. The lowest BCUT2D eigenvalue weighted by atomic mass is 9.91. The molecule has 2 unspecified atom stereocenters. The first-order valence-corrected chi connectivity index (χ1v) is 8.39. The van der Waals surface area contributed by atoms with E-state index in [2.05, 4.69) is 5.32 Å². The molecule has 130 valence electrons. The van der Waals surface area contributed by atoms with Crippen LogP contribution in [0, 0.1) is 0 Å². The summed E-state index contributed by atoms with van der Waals surface area (Å²) in [5.41, 5.74) is 0.168. The predicted octanol–water partition coefficient (Wildman–Crippen LogP) is 1.98. The Bertz CT molecular complexity index is 744. The Hall–Kier alpha value is -2.66. The topological polar surface area (TPSA) is 69.6 Å². The van der Waals surface area contributed by atoms with Gasteiger partial charge in [0.25, 0.3) is 0 Å². The largest absolute Gasteiger partial charge is 0.385 e. The van der Waals surface area contributed by atoms with Crippen LogP contribution in [0.1, 0.15) is 30.5 Å². The van der Waals surface area contributed by atoms with E-state index in [1.54, 1.807) is 24.0 Å². The molecule has 1 heterocycles. The summed E-state index contributed by atoms with van der Waals surface area (Å²) >= 11 is 0. The van der Waals surface area contributed by atoms with Gasteiger partial charge in [0.15, 0.2) is 0 Å². The van der Waals surface area contributed by atoms with E-state index in [1.165, 1.54) is 0 Å². The third kappa shape index (κ3) is 3.72. The van der Waals surface area contributed by atoms with Crippen LogP contribution in [-0.2, 0) is 15.2 Å². The highest BCUT2D eigenvalue weighted by Crippen LogP contribution is 2.29. The second kappa shape index (κ2) is 7.07. The van der Waals surface area contributed by atoms with E-state index in [9.17, 15) is 14.7 Å². The molecule has 2 aromatic carbocycles. The third-order valence-electron chi connectivity index (χ3n) is 4.54. The quantitative estimate of drug-likeness (QED) is 0.896. The molecule has 0 radical (unpaired) electrons. The summed E-state index contributed by atoms with van der Waals surface area (Å²) in [7, 11) is 0. The van der Waals surface area contributed by atoms with Crippen molar-refractivity contribution in [2.45, 2.75) is 25.0 Å². The molecule has 2 atom stereocenters. The maximum Gasteiger partial charge on any atom is 0.247 e. The minimum atomic E-state index is -1.28. The summed E-state index contributed by atoms with van der Waals surface area (Å²) in [6.07, 6.45) is -0.0758. The summed E-state index contributed by atoms with van der Waals surface area (Å²) in [6, 6.07) is 17.7. The van der Waals surface area contributed by atoms with E-state index >= 15 is 0 Å². The van der Waals surface area contributed by atoms with E-state index in [1.807, 2.05) is 48.5 Å². The predicted molar refractivity (Wildman–Crippen MR) is 94.5 cm³/mol. The van der Waals surface area contributed by atoms with Crippen LogP contribution in [0.4, 0.5) is 0 Å². The van der Waals surface area contributed by atoms with Crippen LogP contribution in [0.25, 0.3) is 0 Å². The van der Waals surface area contributed by atoms with Gasteiger partial charge in [-0.25, -0.2) is 0 Å². The highest BCUT2D eigenvalue weighted by molar-refractivity contribution is 5.90. The number of piperazine rings is 1. The van der Waals surface area contributed by atoms with Crippen molar-refractivity contribution in [3.05, 3.63) is 71.8 Å². The van der Waals surface area contributed by atoms with Crippen molar-refractivity contribution in [2.24, 2.45) is 0 Å². The van der Waals surface area contributed by atoms with Crippen molar-refractivity contribution in [2.75, 3.05) is 13.1 Å². The molecule has 0 aromatic heterocycles. The van der Waals surface area contributed by atoms with Crippen LogP contribution in [0.2, 0.25) is 0 Å². The number of nitrogens with zero attached hydrogens (tertiary/aromatic N) is 1. The van der Waals surface area contributed by atoms with Crippen LogP contribution in [0.5, 0.6) is 0 Å². The first-order chi connectivity index (χ1) is 12.0. The van der Waals surface area contributed by atoms with Gasteiger partial charge in [0, 0.05) is 13.1 Å². The van der Waals surface area contributed by atoms with Crippen molar-refractivity contribution in [1.82, 2.24) is 10.2 Å². The SMILES string of the molecule is CC(O)(CC(=O)N1CCNC(=O)C1c1ccccc1)c1ccccc1. The average molecular weight is 338 g/mol. The number of amides is 2. The van der Waals surface area contributed by atoms with Crippen LogP contribution < -0.4 is 5.32 Å². The van der Waals surface area contributed by atoms with Crippen LogP contribution >= 0.6 is 0 Å². The van der Waals surface area contributed by atoms with Crippen molar-refractivity contribution in [3.8, 4) is 0 Å². The fourth-order valence-corrected chi connectivity index (χ4v) is 3.20. The second-order valence-electron chi connectivity index (χ2n) is 6.51. The van der Waals surface area contributed by atoms with Crippen LogP contribution in [-0.4, -0.2) is 34.9 Å². The molecule has 5 nitrogen and oxygen atoms in total. The first kappa shape index (κ1) is 17.2. The van der Waals surface area contributed by atoms with Gasteiger partial charge in [0.1, 0.15) is 6.04 Å². The summed E-state index contributed by atoms with van der Waals surface area (Å²) in [5.74, 6) is -0.428. The van der Waals surface area contributed by atoms with Gasteiger partial charge in [-0.15, -0.1) is 0 Å². The van der Waals surface area contributed by atoms with E-state index in [4.69, 9.17) is 0 Å². The number of hydrogen-bond donors (Lipinski definition) is 2. The second-order valence-corrected chi connectivity index (χ2v) is 6.51. The number of aliphatic hydroxyl groups is 1. The van der Waals surface area contributed by atoms with E-state index in [-0.39, 0.29) is 18.2 Å². The first-order valence-electron chi connectivity index (χ1n) is 8.39. The molecule has 25 heavy (non-hydrogen) atoms. The standard InChI is InChI=1S/C20H22N2O3/c1-20(25,16-10-6-3-7-11-16)14-17(23)22-13-12-21-19(24)18(22)15-8-4-2-5-9-15/h2-11,18,25H,12-14H2,1H3,(H,21,24). The molecule has 3 rings (SSSR count). The van der Waals surface area contributed by atoms with E-state index in [0.717, 1.165) is 5.56 Å². The van der Waals surface area contributed by atoms with Crippen molar-refractivity contribution in [3.63, 3.8) is 0 Å². The molecule has 0 spiro atoms. The zero-order valence-electron chi connectivity index (χ0n) is 14.2. The minimum absolute atomic E-state index is 0.0758. The Kier molecular flexibility index (Phi) is 4.86. The monoisotopic (exact) mass is 338 g/mol. The van der Waals surface area contributed by atoms with Gasteiger partial charge in [0.05, 0.1) is 12.0 Å². The number of benzene rings is 2. The molecule has 2 N–H and O–H groups in total. The average Bonchev–Trinajstić information content (AvgIpc) is 2.62. The zero-order chi connectivity index (χ0) is 17.9. The Balaban J connectivity index is 1.83. The molecule has 2 aromatic rings. The molecule has 5 heteroatoms. The lowest BCUT2D eigenvalue weighted by Gasteiger charge is -2.37. The molecule has 2 amide bonds. The lowest BCUT2D eigenvalue weighted by molar-refractivity contribution is -0.147. The van der Waals surface area contributed by atoms with Gasteiger partial charge in [-0.05, 0) is 18.1 Å². The molecule has 1 saturated heterocycles. The Morgan fingerprint density at radius 3 is 2.40 bits per heavy atom. The lowest BCUT2D eigenvalue weighted by Crippen LogP contribution is -2.53. The maximum atomic E-state index is 12.9. The molecule has 1 aliphatic rings. The van der Waals surface area contributed by atoms with Gasteiger partial charge in [-0.2, -0.15) is 0 Å². The summed E-state index contributed by atoms with van der Waals surface area (Å²) < 4.78 is 0. The molecular formula is C20H22N2O3. The number of hydrogen-bond acceptors (Lipinski definition) is 3. The zero-order valence-corrected chi connectivity index (χ0v) is 14.2. The van der Waals surface area contributed by atoms with Gasteiger partial charge in [0.2, 0.25) is 11.8 Å². The van der Waals surface area contributed by atoms with E-state index in [0.29, 0.717) is 18.7 Å². The normalized spacial score (nSPS) is 19.8. The molecule has 0 bridgehead atoms. The fourth-order valence-electron chi connectivity index (χ4n) is 3.20. The maximum absolute atomic E-state index is 12.9. The van der Waals surface area contributed by atoms with Crippen LogP contribution in [0.15, 0.2) is 60.7 Å². The van der Waals surface area contributed by atoms with Gasteiger partial charge in [-0.1, -0.05) is 60.7 Å². The van der Waals surface area contributed by atoms with Crippen molar-refractivity contribution < 1.29 is 14.7 Å². The van der Waals surface area contributed by atoms with Crippen molar-refractivity contribution >= 4 is 11.8 Å². The van der Waals surface area contributed by atoms with Gasteiger partial charge < -0.3 is 15.3 Å². The van der Waals surface area contributed by atoms with Crippen LogP contribution in [0.3, 0.4) is 0 Å². The molecule has 1 aliphatic heterocycles. The molecule has 0 saturated carbocycles. The highest BCUT2D eigenvalue weighted by atomic mass is 16.3. The fraction of sp³-hybridized carbons (Fsp3) is 0.300. The van der Waals surface area contributed by atoms with Crippen molar-refractivity contribution in [1.29, 1.82) is 0 Å². The van der Waals surface area contributed by atoms with Gasteiger partial charge in [-0.3, -0.25) is 9.59 Å². The third-order valence-corrected chi connectivity index (χ3v) is 4.54. The molecule has 0 aliphatic carbocycles. The number of carbonyl (C=O) groups excluding carboxylic acids is 2. The molecular weight excluding hydrogens is 316 g/mol.